The molecule has 6 heteroatoms. The molecule has 0 unspecified atom stereocenters. The van der Waals surface area contributed by atoms with Crippen LogP contribution in [-0.2, 0) is 0 Å². The van der Waals surface area contributed by atoms with E-state index >= 15 is 0 Å². The first kappa shape index (κ1) is 12.9. The quantitative estimate of drug-likeness (QED) is 0.909. The molecule has 0 saturated carbocycles. The van der Waals surface area contributed by atoms with Crippen LogP contribution in [0, 0.1) is 13.0 Å². The van der Waals surface area contributed by atoms with Crippen molar-refractivity contribution < 1.29 is 14.3 Å². The van der Waals surface area contributed by atoms with Gasteiger partial charge in [-0.1, -0.05) is 0 Å². The normalized spacial score (nSPS) is 10.3. The van der Waals surface area contributed by atoms with Crippen molar-refractivity contribution in [3.8, 4) is 22.8 Å². The van der Waals surface area contributed by atoms with Crippen molar-refractivity contribution in [1.82, 2.24) is 9.78 Å². The van der Waals surface area contributed by atoms with Gasteiger partial charge in [0.2, 0.25) is 0 Å². The average Bonchev–Trinajstić information content (AvgIpc) is 2.80. The summed E-state index contributed by atoms with van der Waals surface area (Å²) in [4.78, 5) is 11.3. The maximum atomic E-state index is 11.3. The lowest BCUT2D eigenvalue weighted by Crippen LogP contribution is -2.21. The predicted octanol–water partition coefficient (Wildman–Crippen LogP) is 1.60. The van der Waals surface area contributed by atoms with Gasteiger partial charge in [0.05, 0.1) is 25.6 Å². The number of benzene rings is 1. The maximum absolute atomic E-state index is 11.3. The fourth-order valence-electron chi connectivity index (χ4n) is 1.79. The van der Waals surface area contributed by atoms with Gasteiger partial charge in [-0.2, -0.15) is 9.78 Å². The highest BCUT2D eigenvalue weighted by Gasteiger charge is 2.14. The minimum absolute atomic E-state index is 0.492. The second-order valence-electron chi connectivity index (χ2n) is 3.88. The largest absolute Gasteiger partial charge is 0.493 e. The number of carbonyl (C=O) groups is 1. The van der Waals surface area contributed by atoms with Crippen molar-refractivity contribution in [2.75, 3.05) is 14.2 Å². The maximum Gasteiger partial charge on any atom is 0.340 e. The van der Waals surface area contributed by atoms with Crippen molar-refractivity contribution >= 4 is 6.03 Å². The Balaban J connectivity index is 2.56. The Hall–Kier alpha value is -2.50. The number of amides is 1. The van der Waals surface area contributed by atoms with E-state index in [1.807, 2.05) is 0 Å². The fourth-order valence-corrected chi connectivity index (χ4v) is 1.79. The first-order chi connectivity index (χ1) is 9.06. The van der Waals surface area contributed by atoms with Crippen LogP contribution in [0.2, 0.25) is 0 Å². The number of carbonyl (C=O) groups excluding carboxylic acids is 1. The second kappa shape index (κ2) is 5.01. The van der Waals surface area contributed by atoms with Gasteiger partial charge in [0.25, 0.3) is 0 Å². The highest BCUT2D eigenvalue weighted by Crippen LogP contribution is 2.32. The highest BCUT2D eigenvalue weighted by atomic mass is 16.5. The molecule has 6 nitrogen and oxygen atoms in total. The van der Waals surface area contributed by atoms with Crippen molar-refractivity contribution in [3.63, 3.8) is 0 Å². The summed E-state index contributed by atoms with van der Waals surface area (Å²) in [5.74, 6) is 1.16. The zero-order valence-electron chi connectivity index (χ0n) is 10.9. The topological polar surface area (TPSA) is 79.4 Å². The first-order valence-electron chi connectivity index (χ1n) is 5.58. The first-order valence-corrected chi connectivity index (χ1v) is 5.58. The summed E-state index contributed by atoms with van der Waals surface area (Å²) in [6.07, 6.45) is 0. The number of methoxy groups -OCH3 is 2. The summed E-state index contributed by atoms with van der Waals surface area (Å²) in [5.41, 5.74) is 7.08. The van der Waals surface area contributed by atoms with E-state index in [2.05, 4.69) is 11.2 Å². The van der Waals surface area contributed by atoms with E-state index in [-0.39, 0.29) is 0 Å². The Morgan fingerprint density at radius 2 is 2.00 bits per heavy atom. The number of nitrogens with two attached hydrogens (primary N) is 1. The van der Waals surface area contributed by atoms with Crippen LogP contribution in [0.15, 0.2) is 18.2 Å². The molecule has 99 valence electrons. The smallest absolute Gasteiger partial charge is 0.340 e. The lowest BCUT2D eigenvalue weighted by Gasteiger charge is -2.09. The number of hydrogen-bond acceptors (Lipinski definition) is 4. The van der Waals surface area contributed by atoms with Gasteiger partial charge >= 0.3 is 6.03 Å². The van der Waals surface area contributed by atoms with Crippen LogP contribution in [0.1, 0.15) is 5.69 Å². The molecule has 1 aromatic heterocycles. The standard InChI is InChI=1S/C13H14N3O3/c1-8-6-10(16(15-8)13(14)17)9-4-5-11(18-2)12(7-9)19-3/h4-5,7H,1-3H3,(H2,14,17). The van der Waals surface area contributed by atoms with Crippen LogP contribution in [0.5, 0.6) is 11.5 Å². The van der Waals surface area contributed by atoms with Crippen LogP contribution in [0.25, 0.3) is 11.3 Å². The zero-order chi connectivity index (χ0) is 14.0. The molecule has 1 radical (unpaired) electrons. The Labute approximate surface area is 110 Å². The molecule has 0 bridgehead atoms. The van der Waals surface area contributed by atoms with Crippen LogP contribution < -0.4 is 15.2 Å². The third-order valence-corrected chi connectivity index (χ3v) is 2.63. The summed E-state index contributed by atoms with van der Waals surface area (Å²) in [6, 6.07) is 7.60. The summed E-state index contributed by atoms with van der Waals surface area (Å²) in [5, 5.41) is 4.00. The summed E-state index contributed by atoms with van der Waals surface area (Å²) in [6.45, 7) is 1.74. The van der Waals surface area contributed by atoms with Crippen LogP contribution in [0.4, 0.5) is 4.79 Å². The SMILES string of the molecule is COc1ccc(-c2[c]c(C)nn2C(N)=O)cc1OC. The number of nitrogens with zero attached hydrogens (tertiary/aromatic N) is 2. The minimum Gasteiger partial charge on any atom is -0.493 e. The van der Waals surface area contributed by atoms with E-state index in [1.165, 1.54) is 0 Å². The van der Waals surface area contributed by atoms with Crippen molar-refractivity contribution in [1.29, 1.82) is 0 Å². The van der Waals surface area contributed by atoms with Gasteiger partial charge in [0.1, 0.15) is 0 Å². The lowest BCUT2D eigenvalue weighted by molar-refractivity contribution is 0.248. The van der Waals surface area contributed by atoms with Crippen molar-refractivity contribution in [3.05, 3.63) is 30.0 Å². The molecule has 0 aliphatic rings. The third-order valence-electron chi connectivity index (χ3n) is 2.63. The summed E-state index contributed by atoms with van der Waals surface area (Å²) in [7, 11) is 3.10. The van der Waals surface area contributed by atoms with Gasteiger partial charge in [-0.3, -0.25) is 0 Å². The van der Waals surface area contributed by atoms with Gasteiger partial charge in [-0.25, -0.2) is 4.79 Å². The molecular formula is C13H14N3O3. The predicted molar refractivity (Wildman–Crippen MR) is 69.3 cm³/mol. The van der Waals surface area contributed by atoms with E-state index in [0.717, 1.165) is 10.2 Å². The number of primary amides is 1. The lowest BCUT2D eigenvalue weighted by atomic mass is 10.1. The number of aromatic nitrogens is 2. The molecule has 0 fully saturated rings. The Morgan fingerprint density at radius 3 is 2.58 bits per heavy atom. The summed E-state index contributed by atoms with van der Waals surface area (Å²) >= 11 is 0. The van der Waals surface area contributed by atoms with Gasteiger partial charge in [-0.05, 0) is 25.1 Å². The van der Waals surface area contributed by atoms with Crippen LogP contribution in [0.3, 0.4) is 0 Å². The van der Waals surface area contributed by atoms with Gasteiger partial charge < -0.3 is 15.2 Å². The number of rotatable bonds is 3. The van der Waals surface area contributed by atoms with E-state index in [1.54, 1.807) is 39.3 Å². The molecule has 2 N–H and O–H groups in total. The van der Waals surface area contributed by atoms with E-state index in [0.29, 0.717) is 22.9 Å². The highest BCUT2D eigenvalue weighted by molar-refractivity contribution is 5.80. The molecule has 0 aliphatic carbocycles. The van der Waals surface area contributed by atoms with E-state index in [9.17, 15) is 4.79 Å². The molecule has 1 heterocycles. The molecule has 0 aliphatic heterocycles. The van der Waals surface area contributed by atoms with Gasteiger partial charge in [-0.15, -0.1) is 0 Å². The fraction of sp³-hybridized carbons (Fsp3) is 0.231. The average molecular weight is 260 g/mol. The molecule has 0 spiro atoms. The van der Waals surface area contributed by atoms with Gasteiger partial charge in [0, 0.05) is 11.6 Å². The van der Waals surface area contributed by atoms with Crippen LogP contribution in [-0.4, -0.2) is 30.0 Å². The van der Waals surface area contributed by atoms with Gasteiger partial charge in [0.15, 0.2) is 11.5 Å². The Bertz CT molecular complexity index is 620. The molecule has 2 aromatic rings. The molecule has 1 aromatic carbocycles. The number of hydrogen-bond donors (Lipinski definition) is 1. The molecule has 2 rings (SSSR count). The molecule has 0 saturated heterocycles. The zero-order valence-corrected chi connectivity index (χ0v) is 10.9. The van der Waals surface area contributed by atoms with Crippen molar-refractivity contribution in [2.24, 2.45) is 5.73 Å². The molecule has 19 heavy (non-hydrogen) atoms. The number of aryl methyl sites for hydroxylation is 1. The van der Waals surface area contributed by atoms with E-state index < -0.39 is 6.03 Å². The minimum atomic E-state index is -0.658. The number of ether oxygens (including phenoxy) is 2. The van der Waals surface area contributed by atoms with Crippen molar-refractivity contribution in [2.45, 2.75) is 6.92 Å². The Kier molecular flexibility index (Phi) is 3.41. The van der Waals surface area contributed by atoms with Crippen LogP contribution >= 0.6 is 0 Å². The molecular weight excluding hydrogens is 246 g/mol. The third kappa shape index (κ3) is 2.37. The van der Waals surface area contributed by atoms with E-state index in [4.69, 9.17) is 15.2 Å². The summed E-state index contributed by atoms with van der Waals surface area (Å²) < 4.78 is 11.5. The molecule has 0 atom stereocenters. The molecule has 1 amide bonds. The second-order valence-corrected chi connectivity index (χ2v) is 3.88. The monoisotopic (exact) mass is 260 g/mol. The Morgan fingerprint density at radius 1 is 1.32 bits per heavy atom.